The van der Waals surface area contributed by atoms with Crippen LogP contribution in [0.15, 0.2) is 24.5 Å². The van der Waals surface area contributed by atoms with Crippen molar-refractivity contribution in [1.82, 2.24) is 0 Å². The summed E-state index contributed by atoms with van der Waals surface area (Å²) < 4.78 is 5.24. The molecule has 0 aliphatic carbocycles. The molecule has 0 fully saturated rings. The topological polar surface area (TPSA) is 26.3 Å². The van der Waals surface area contributed by atoms with E-state index in [9.17, 15) is 4.79 Å². The summed E-state index contributed by atoms with van der Waals surface area (Å²) in [4.78, 5) is 11.8. The Labute approximate surface area is 227 Å². The molecule has 0 aromatic heterocycles. The highest BCUT2D eigenvalue weighted by atomic mass is 16.5. The third-order valence-electron chi connectivity index (χ3n) is 7.16. The summed E-state index contributed by atoms with van der Waals surface area (Å²) in [5, 5.41) is 0. The van der Waals surface area contributed by atoms with Crippen molar-refractivity contribution >= 4 is 5.97 Å². The van der Waals surface area contributed by atoms with E-state index in [1.165, 1.54) is 148 Å². The first kappa shape index (κ1) is 35.0. The van der Waals surface area contributed by atoms with Crippen LogP contribution in [0.5, 0.6) is 0 Å². The Morgan fingerprint density at radius 2 is 0.778 bits per heavy atom. The van der Waals surface area contributed by atoms with Crippen LogP contribution in [0.2, 0.25) is 0 Å². The molecule has 0 aliphatic heterocycles. The number of unbranched alkanes of at least 4 members (excludes halogenated alkanes) is 23. The van der Waals surface area contributed by atoms with Gasteiger partial charge in [0.05, 0.1) is 6.26 Å². The molecule has 0 aromatic carbocycles. The number of carbonyl (C=O) groups excluding carboxylic acids is 1. The average Bonchev–Trinajstić information content (AvgIpc) is 2.88. The van der Waals surface area contributed by atoms with Gasteiger partial charge in [-0.3, -0.25) is 4.79 Å². The summed E-state index contributed by atoms with van der Waals surface area (Å²) in [5.74, 6) is -0.0672. The van der Waals surface area contributed by atoms with E-state index in [1.54, 1.807) is 6.26 Å². The zero-order valence-corrected chi connectivity index (χ0v) is 24.7. The van der Waals surface area contributed by atoms with Gasteiger partial charge >= 0.3 is 5.97 Å². The normalized spacial score (nSPS) is 11.7. The molecule has 0 N–H and O–H groups in total. The van der Waals surface area contributed by atoms with E-state index in [1.807, 2.05) is 6.08 Å². The van der Waals surface area contributed by atoms with Crippen LogP contribution in [0.4, 0.5) is 0 Å². The minimum absolute atomic E-state index is 0.0672. The van der Waals surface area contributed by atoms with Gasteiger partial charge in [-0.1, -0.05) is 148 Å². The van der Waals surface area contributed by atoms with Gasteiger partial charge in [-0.05, 0) is 51.0 Å². The molecule has 0 heterocycles. The maximum Gasteiger partial charge on any atom is 0.310 e. The number of allylic oxidation sites excluding steroid dienone is 3. The van der Waals surface area contributed by atoms with Crippen molar-refractivity contribution in [1.29, 1.82) is 0 Å². The number of esters is 1. The van der Waals surface area contributed by atoms with Crippen molar-refractivity contribution in [2.45, 2.75) is 187 Å². The van der Waals surface area contributed by atoms with E-state index in [0.29, 0.717) is 6.42 Å². The Balaban J connectivity index is 3.25. The SMILES string of the molecule is CCCCCCC=CCCCCCCCCCC(=O)OC=CCCCCCCCCCCCCCC. The van der Waals surface area contributed by atoms with Crippen LogP contribution in [0.25, 0.3) is 0 Å². The maximum atomic E-state index is 11.8. The molecule has 0 saturated carbocycles. The number of rotatable bonds is 29. The first-order valence-electron chi connectivity index (χ1n) is 16.3. The van der Waals surface area contributed by atoms with E-state index in [0.717, 1.165) is 19.3 Å². The molecular formula is C34H64O2. The highest BCUT2D eigenvalue weighted by molar-refractivity contribution is 5.69. The molecule has 36 heavy (non-hydrogen) atoms. The molecule has 0 radical (unpaired) electrons. The third kappa shape index (κ3) is 31.0. The zero-order valence-electron chi connectivity index (χ0n) is 24.7. The van der Waals surface area contributed by atoms with Crippen LogP contribution >= 0.6 is 0 Å². The molecule has 0 aliphatic rings. The lowest BCUT2D eigenvalue weighted by Crippen LogP contribution is -1.98. The van der Waals surface area contributed by atoms with E-state index in [2.05, 4.69) is 26.0 Å². The molecule has 0 aromatic rings. The molecule has 0 bridgehead atoms. The minimum Gasteiger partial charge on any atom is -0.435 e. The fourth-order valence-electron chi connectivity index (χ4n) is 4.69. The number of ether oxygens (including phenoxy) is 1. The second kappa shape index (κ2) is 32.0. The van der Waals surface area contributed by atoms with Crippen LogP contribution in [0.3, 0.4) is 0 Å². The molecular weight excluding hydrogens is 440 g/mol. The van der Waals surface area contributed by atoms with Crippen molar-refractivity contribution in [2.24, 2.45) is 0 Å². The predicted octanol–water partition coefficient (Wildman–Crippen LogP) is 12.2. The van der Waals surface area contributed by atoms with Gasteiger partial charge < -0.3 is 4.74 Å². The summed E-state index contributed by atoms with van der Waals surface area (Å²) in [5.41, 5.74) is 0. The van der Waals surface area contributed by atoms with Gasteiger partial charge in [-0.15, -0.1) is 0 Å². The molecule has 212 valence electrons. The predicted molar refractivity (Wildman–Crippen MR) is 160 cm³/mol. The maximum absolute atomic E-state index is 11.8. The standard InChI is InChI=1S/C34H64O2/c1-3-5-7-9-11-13-15-17-19-20-22-24-26-28-30-32-34(35)36-33-31-29-27-25-23-21-18-16-14-12-10-8-6-4-2/h13,15,31,33H,3-12,14,16-30,32H2,1-2H3. The lowest BCUT2D eigenvalue weighted by atomic mass is 10.0. The highest BCUT2D eigenvalue weighted by Gasteiger charge is 2.00. The number of carbonyl (C=O) groups is 1. The van der Waals surface area contributed by atoms with E-state index in [-0.39, 0.29) is 5.97 Å². The molecule has 2 heteroatoms. The third-order valence-corrected chi connectivity index (χ3v) is 7.16. The zero-order chi connectivity index (χ0) is 26.2. The van der Waals surface area contributed by atoms with Crippen molar-refractivity contribution in [3.8, 4) is 0 Å². The number of hydrogen-bond donors (Lipinski definition) is 0. The summed E-state index contributed by atoms with van der Waals surface area (Å²) in [6.07, 6.45) is 43.1. The van der Waals surface area contributed by atoms with E-state index in [4.69, 9.17) is 4.74 Å². The quantitative estimate of drug-likeness (QED) is 0.0438. The molecule has 2 nitrogen and oxygen atoms in total. The second-order valence-corrected chi connectivity index (χ2v) is 10.9. The Hall–Kier alpha value is -1.05. The number of hydrogen-bond acceptors (Lipinski definition) is 2. The minimum atomic E-state index is -0.0672. The van der Waals surface area contributed by atoms with Crippen molar-refractivity contribution < 1.29 is 9.53 Å². The molecule has 0 atom stereocenters. The fourth-order valence-corrected chi connectivity index (χ4v) is 4.69. The molecule has 0 amide bonds. The van der Waals surface area contributed by atoms with Crippen LogP contribution < -0.4 is 0 Å². The van der Waals surface area contributed by atoms with E-state index < -0.39 is 0 Å². The lowest BCUT2D eigenvalue weighted by molar-refractivity contribution is -0.138. The second-order valence-electron chi connectivity index (χ2n) is 10.9. The summed E-state index contributed by atoms with van der Waals surface area (Å²) in [6, 6.07) is 0. The first-order chi connectivity index (χ1) is 17.8. The Kier molecular flexibility index (Phi) is 31.0. The largest absolute Gasteiger partial charge is 0.435 e. The highest BCUT2D eigenvalue weighted by Crippen LogP contribution is 2.13. The monoisotopic (exact) mass is 504 g/mol. The lowest BCUT2D eigenvalue weighted by Gasteiger charge is -2.02. The Morgan fingerprint density at radius 3 is 1.22 bits per heavy atom. The van der Waals surface area contributed by atoms with Gasteiger partial charge in [0.1, 0.15) is 0 Å². The molecule has 0 rings (SSSR count). The van der Waals surface area contributed by atoms with Gasteiger partial charge in [0, 0.05) is 6.42 Å². The van der Waals surface area contributed by atoms with Crippen LogP contribution in [-0.4, -0.2) is 5.97 Å². The van der Waals surface area contributed by atoms with Crippen molar-refractivity contribution in [2.75, 3.05) is 0 Å². The molecule has 0 saturated heterocycles. The van der Waals surface area contributed by atoms with Gasteiger partial charge in [0.25, 0.3) is 0 Å². The van der Waals surface area contributed by atoms with Gasteiger partial charge in [0.15, 0.2) is 0 Å². The van der Waals surface area contributed by atoms with Gasteiger partial charge in [0.2, 0.25) is 0 Å². The Bertz CT molecular complexity index is 480. The smallest absolute Gasteiger partial charge is 0.310 e. The summed E-state index contributed by atoms with van der Waals surface area (Å²) in [7, 11) is 0. The summed E-state index contributed by atoms with van der Waals surface area (Å²) >= 11 is 0. The summed E-state index contributed by atoms with van der Waals surface area (Å²) in [6.45, 7) is 4.55. The molecule has 0 unspecified atom stereocenters. The van der Waals surface area contributed by atoms with Crippen LogP contribution in [-0.2, 0) is 9.53 Å². The van der Waals surface area contributed by atoms with Crippen molar-refractivity contribution in [3.05, 3.63) is 24.5 Å². The Morgan fingerprint density at radius 1 is 0.444 bits per heavy atom. The average molecular weight is 505 g/mol. The van der Waals surface area contributed by atoms with Crippen LogP contribution in [0, 0.1) is 0 Å². The van der Waals surface area contributed by atoms with Gasteiger partial charge in [-0.25, -0.2) is 0 Å². The fraction of sp³-hybridized carbons (Fsp3) is 0.853. The van der Waals surface area contributed by atoms with Gasteiger partial charge in [-0.2, -0.15) is 0 Å². The first-order valence-corrected chi connectivity index (χ1v) is 16.3. The van der Waals surface area contributed by atoms with E-state index >= 15 is 0 Å². The van der Waals surface area contributed by atoms with Crippen LogP contribution in [0.1, 0.15) is 187 Å². The molecule has 0 spiro atoms. The van der Waals surface area contributed by atoms with Crippen molar-refractivity contribution in [3.63, 3.8) is 0 Å².